The Morgan fingerprint density at radius 3 is 2.75 bits per heavy atom. The topological polar surface area (TPSA) is 87.0 Å². The second-order valence-corrected chi connectivity index (χ2v) is 6.23. The van der Waals surface area contributed by atoms with Crippen molar-refractivity contribution in [3.05, 3.63) is 0 Å². The molecule has 0 bridgehead atoms. The predicted octanol–water partition coefficient (Wildman–Crippen LogP) is 0.231. The van der Waals surface area contributed by atoms with Crippen LogP contribution in [0.5, 0.6) is 0 Å². The van der Waals surface area contributed by atoms with Gasteiger partial charge in [0, 0.05) is 13.0 Å². The molecule has 16 heavy (non-hydrogen) atoms. The quantitative estimate of drug-likeness (QED) is 0.701. The Hall–Kier alpha value is -1.09. The first-order valence-corrected chi connectivity index (χ1v) is 7.22. The van der Waals surface area contributed by atoms with Crippen molar-refractivity contribution < 1.29 is 13.2 Å². The van der Waals surface area contributed by atoms with E-state index in [1.807, 2.05) is 6.07 Å². The average Bonchev–Trinajstić information content (AvgIpc) is 2.58. The minimum atomic E-state index is -2.98. The van der Waals surface area contributed by atoms with E-state index in [2.05, 4.69) is 5.32 Å². The number of nitrogens with one attached hydrogen (secondary N) is 1. The third-order valence-corrected chi connectivity index (χ3v) is 4.39. The Morgan fingerprint density at radius 1 is 1.44 bits per heavy atom. The van der Waals surface area contributed by atoms with E-state index in [1.54, 1.807) is 0 Å². The Morgan fingerprint density at radius 2 is 2.19 bits per heavy atom. The summed E-state index contributed by atoms with van der Waals surface area (Å²) in [5, 5.41) is 11.0. The summed E-state index contributed by atoms with van der Waals surface area (Å²) in [6.45, 7) is 0.525. The molecule has 0 aromatic carbocycles. The highest BCUT2D eigenvalue weighted by molar-refractivity contribution is 7.91. The molecule has 0 aromatic heterocycles. The van der Waals surface area contributed by atoms with Gasteiger partial charge >= 0.3 is 0 Å². The summed E-state index contributed by atoms with van der Waals surface area (Å²) in [5.41, 5.74) is 0. The Labute approximate surface area is 95.7 Å². The van der Waals surface area contributed by atoms with E-state index < -0.39 is 9.84 Å². The van der Waals surface area contributed by atoms with Crippen LogP contribution in [0.4, 0.5) is 0 Å². The van der Waals surface area contributed by atoms with Crippen LogP contribution in [0.2, 0.25) is 0 Å². The number of carbonyl (C=O) groups excluding carboxylic acids is 1. The molecule has 90 valence electrons. The Kier molecular flexibility index (Phi) is 4.74. The van der Waals surface area contributed by atoms with Crippen molar-refractivity contribution in [2.24, 2.45) is 5.92 Å². The average molecular weight is 244 g/mol. The van der Waals surface area contributed by atoms with Gasteiger partial charge in [-0.3, -0.25) is 4.79 Å². The van der Waals surface area contributed by atoms with Crippen LogP contribution < -0.4 is 5.32 Å². The lowest BCUT2D eigenvalue weighted by Gasteiger charge is -2.08. The Bertz CT molecular complexity index is 383. The van der Waals surface area contributed by atoms with Gasteiger partial charge in [0.05, 0.1) is 23.5 Å². The highest BCUT2D eigenvalue weighted by Crippen LogP contribution is 2.18. The zero-order chi connectivity index (χ0) is 12.0. The summed E-state index contributed by atoms with van der Waals surface area (Å²) in [4.78, 5) is 11.5. The molecule has 0 saturated carbocycles. The summed E-state index contributed by atoms with van der Waals surface area (Å²) in [6.07, 6.45) is 2.46. The summed E-state index contributed by atoms with van der Waals surface area (Å²) in [7, 11) is -2.98. The first-order chi connectivity index (χ1) is 7.55. The molecule has 1 rings (SSSR count). The van der Waals surface area contributed by atoms with Crippen molar-refractivity contribution in [2.45, 2.75) is 25.7 Å². The molecule has 0 spiro atoms. The van der Waals surface area contributed by atoms with Gasteiger partial charge in [-0.05, 0) is 19.3 Å². The van der Waals surface area contributed by atoms with Crippen LogP contribution in [0.15, 0.2) is 0 Å². The second-order valence-electron chi connectivity index (χ2n) is 4.01. The minimum absolute atomic E-state index is 0.0168. The molecule has 6 heteroatoms. The molecule has 1 aliphatic heterocycles. The molecule has 0 aromatic rings. The van der Waals surface area contributed by atoms with Crippen LogP contribution in [0, 0.1) is 17.2 Å². The molecule has 1 amide bonds. The Balaban J connectivity index is 2.19. The SMILES string of the molecule is N#CCCCCNC(=O)C1CCS(=O)(=O)C1. The molecule has 0 aliphatic carbocycles. The van der Waals surface area contributed by atoms with Crippen molar-refractivity contribution in [3.8, 4) is 6.07 Å². The normalized spacial score (nSPS) is 22.6. The number of hydrogen-bond donors (Lipinski definition) is 1. The largest absolute Gasteiger partial charge is 0.356 e. The van der Waals surface area contributed by atoms with Gasteiger partial charge in [0.15, 0.2) is 9.84 Å². The van der Waals surface area contributed by atoms with Gasteiger partial charge in [-0.15, -0.1) is 0 Å². The molecule has 1 heterocycles. The second kappa shape index (κ2) is 5.85. The van der Waals surface area contributed by atoms with Crippen LogP contribution in [0.1, 0.15) is 25.7 Å². The minimum Gasteiger partial charge on any atom is -0.356 e. The predicted molar refractivity (Wildman–Crippen MR) is 59.2 cm³/mol. The van der Waals surface area contributed by atoms with Crippen LogP contribution >= 0.6 is 0 Å². The molecule has 1 N–H and O–H groups in total. The van der Waals surface area contributed by atoms with E-state index in [9.17, 15) is 13.2 Å². The molecular weight excluding hydrogens is 228 g/mol. The lowest BCUT2D eigenvalue weighted by molar-refractivity contribution is -0.124. The van der Waals surface area contributed by atoms with E-state index in [-0.39, 0.29) is 23.3 Å². The number of nitrogens with zero attached hydrogens (tertiary/aromatic N) is 1. The zero-order valence-electron chi connectivity index (χ0n) is 9.11. The maximum Gasteiger partial charge on any atom is 0.224 e. The van der Waals surface area contributed by atoms with Crippen LogP contribution in [-0.2, 0) is 14.6 Å². The van der Waals surface area contributed by atoms with Gasteiger partial charge in [0.2, 0.25) is 5.91 Å². The fraction of sp³-hybridized carbons (Fsp3) is 0.800. The molecule has 0 radical (unpaired) electrons. The maximum absolute atomic E-state index is 11.5. The van der Waals surface area contributed by atoms with E-state index >= 15 is 0 Å². The first kappa shape index (κ1) is 13.0. The fourth-order valence-corrected chi connectivity index (χ4v) is 3.43. The highest BCUT2D eigenvalue weighted by atomic mass is 32.2. The number of nitriles is 1. The summed E-state index contributed by atoms with van der Waals surface area (Å²) < 4.78 is 22.3. The third kappa shape index (κ3) is 4.19. The van der Waals surface area contributed by atoms with Gasteiger partial charge in [-0.1, -0.05) is 0 Å². The van der Waals surface area contributed by atoms with Crippen molar-refractivity contribution in [1.29, 1.82) is 5.26 Å². The number of rotatable bonds is 5. The first-order valence-electron chi connectivity index (χ1n) is 5.40. The molecule has 1 unspecified atom stereocenters. The van der Waals surface area contributed by atoms with Gasteiger partial charge in [0.1, 0.15) is 0 Å². The summed E-state index contributed by atoms with van der Waals surface area (Å²) in [6, 6.07) is 2.03. The monoisotopic (exact) mass is 244 g/mol. The van der Waals surface area contributed by atoms with Crippen molar-refractivity contribution >= 4 is 15.7 Å². The van der Waals surface area contributed by atoms with Gasteiger partial charge in [-0.25, -0.2) is 8.42 Å². The van der Waals surface area contributed by atoms with Gasteiger partial charge in [0.25, 0.3) is 0 Å². The number of hydrogen-bond acceptors (Lipinski definition) is 4. The van der Waals surface area contributed by atoms with E-state index in [4.69, 9.17) is 5.26 Å². The summed E-state index contributed by atoms with van der Waals surface area (Å²) in [5.74, 6) is -0.435. The number of carbonyl (C=O) groups is 1. The van der Waals surface area contributed by atoms with Gasteiger partial charge < -0.3 is 5.32 Å². The standard InChI is InChI=1S/C10H16N2O3S/c11-5-2-1-3-6-12-10(13)9-4-7-16(14,15)8-9/h9H,1-4,6-8H2,(H,12,13). The number of unbranched alkanes of at least 4 members (excludes halogenated alkanes) is 2. The molecule has 1 fully saturated rings. The van der Waals surface area contributed by atoms with Crippen molar-refractivity contribution in [1.82, 2.24) is 5.32 Å². The lowest BCUT2D eigenvalue weighted by atomic mass is 10.1. The van der Waals surface area contributed by atoms with Gasteiger partial charge in [-0.2, -0.15) is 5.26 Å². The van der Waals surface area contributed by atoms with Crippen LogP contribution in [0.25, 0.3) is 0 Å². The molecule has 1 aliphatic rings. The zero-order valence-corrected chi connectivity index (χ0v) is 9.92. The van der Waals surface area contributed by atoms with E-state index in [0.29, 0.717) is 19.4 Å². The van der Waals surface area contributed by atoms with Crippen molar-refractivity contribution in [2.75, 3.05) is 18.1 Å². The molecule has 1 saturated heterocycles. The lowest BCUT2D eigenvalue weighted by Crippen LogP contribution is -2.32. The molecular formula is C10H16N2O3S. The third-order valence-electron chi connectivity index (χ3n) is 2.62. The van der Waals surface area contributed by atoms with Crippen molar-refractivity contribution in [3.63, 3.8) is 0 Å². The molecule has 5 nitrogen and oxygen atoms in total. The maximum atomic E-state index is 11.5. The molecule has 1 atom stereocenters. The fourth-order valence-electron chi connectivity index (χ4n) is 1.69. The summed E-state index contributed by atoms with van der Waals surface area (Å²) >= 11 is 0. The van der Waals surface area contributed by atoms with E-state index in [1.165, 1.54) is 0 Å². The highest BCUT2D eigenvalue weighted by Gasteiger charge is 2.32. The number of sulfone groups is 1. The van der Waals surface area contributed by atoms with E-state index in [0.717, 1.165) is 12.8 Å². The van der Waals surface area contributed by atoms with Crippen LogP contribution in [-0.4, -0.2) is 32.4 Å². The smallest absolute Gasteiger partial charge is 0.224 e. The van der Waals surface area contributed by atoms with Crippen LogP contribution in [0.3, 0.4) is 0 Å². The number of amides is 1.